The molecule has 1 saturated heterocycles. The van der Waals surface area contributed by atoms with Crippen molar-refractivity contribution >= 4 is 16.0 Å². The molecule has 0 saturated carbocycles. The first-order valence-corrected chi connectivity index (χ1v) is 11.9. The molecule has 0 bridgehead atoms. The average molecular weight is 456 g/mol. The van der Waals surface area contributed by atoms with Crippen LogP contribution in [0.3, 0.4) is 0 Å². The first kappa shape index (κ1) is 22.2. The second-order valence-electron chi connectivity index (χ2n) is 8.24. The van der Waals surface area contributed by atoms with Gasteiger partial charge in [0.25, 0.3) is 5.89 Å². The van der Waals surface area contributed by atoms with Crippen LogP contribution < -0.4 is 0 Å². The predicted octanol–water partition coefficient (Wildman–Crippen LogP) is 3.76. The quantitative estimate of drug-likeness (QED) is 0.521. The Kier molecular flexibility index (Phi) is 6.38. The number of carbonyl (C=O) groups is 1. The van der Waals surface area contributed by atoms with Gasteiger partial charge in [0.2, 0.25) is 15.9 Å². The van der Waals surface area contributed by atoms with Gasteiger partial charge < -0.3 is 9.15 Å². The van der Waals surface area contributed by atoms with Crippen molar-refractivity contribution < 1.29 is 22.4 Å². The van der Waals surface area contributed by atoms with Crippen LogP contribution in [-0.4, -0.2) is 42.0 Å². The molecule has 3 aromatic rings. The van der Waals surface area contributed by atoms with Crippen molar-refractivity contribution in [2.45, 2.75) is 31.8 Å². The fraction of sp³-hybridized carbons (Fsp3) is 0.348. The van der Waals surface area contributed by atoms with Gasteiger partial charge in [-0.25, -0.2) is 13.2 Å². The van der Waals surface area contributed by atoms with Crippen LogP contribution in [0.5, 0.6) is 0 Å². The van der Waals surface area contributed by atoms with Crippen molar-refractivity contribution in [1.29, 1.82) is 0 Å². The molecule has 0 unspecified atom stereocenters. The molecule has 0 spiro atoms. The van der Waals surface area contributed by atoms with Crippen LogP contribution in [0.1, 0.15) is 36.5 Å². The van der Waals surface area contributed by atoms with Crippen LogP contribution >= 0.6 is 0 Å². The van der Waals surface area contributed by atoms with E-state index in [1.807, 2.05) is 30.3 Å². The summed E-state index contributed by atoms with van der Waals surface area (Å²) in [4.78, 5) is 12.5. The van der Waals surface area contributed by atoms with E-state index in [0.717, 1.165) is 12.0 Å². The lowest BCUT2D eigenvalue weighted by Gasteiger charge is -2.34. The number of hydrogen-bond donors (Lipinski definition) is 0. The Morgan fingerprint density at radius 3 is 2.34 bits per heavy atom. The summed E-state index contributed by atoms with van der Waals surface area (Å²) < 4.78 is 38.2. The first-order valence-electron chi connectivity index (χ1n) is 10.5. The molecule has 0 N–H and O–H groups in total. The number of esters is 1. The van der Waals surface area contributed by atoms with E-state index in [-0.39, 0.29) is 23.0 Å². The van der Waals surface area contributed by atoms with Crippen molar-refractivity contribution in [2.75, 3.05) is 13.1 Å². The zero-order chi connectivity index (χ0) is 22.7. The van der Waals surface area contributed by atoms with E-state index in [0.29, 0.717) is 30.8 Å². The summed E-state index contributed by atoms with van der Waals surface area (Å²) in [5, 5.41) is 7.84. The second-order valence-corrected chi connectivity index (χ2v) is 10.2. The second kappa shape index (κ2) is 9.22. The van der Waals surface area contributed by atoms with Gasteiger partial charge in [0.05, 0.1) is 10.5 Å². The number of rotatable bonds is 6. The monoisotopic (exact) mass is 455 g/mol. The summed E-state index contributed by atoms with van der Waals surface area (Å²) >= 11 is 0. The fourth-order valence-corrected chi connectivity index (χ4v) is 5.61. The Balaban J connectivity index is 1.39. The van der Waals surface area contributed by atoms with E-state index < -0.39 is 16.0 Å². The zero-order valence-electron chi connectivity index (χ0n) is 18.0. The maximum Gasteiger partial charge on any atom is 0.338 e. The topological polar surface area (TPSA) is 103 Å². The third-order valence-electron chi connectivity index (χ3n) is 5.38. The minimum Gasteiger partial charge on any atom is -0.452 e. The number of sulfonamides is 1. The van der Waals surface area contributed by atoms with E-state index >= 15 is 0 Å². The van der Waals surface area contributed by atoms with E-state index in [9.17, 15) is 13.2 Å². The summed E-state index contributed by atoms with van der Waals surface area (Å²) in [6.45, 7) is 4.95. The normalized spacial score (nSPS) is 19.6. The first-order chi connectivity index (χ1) is 15.3. The van der Waals surface area contributed by atoms with Gasteiger partial charge in [-0.1, -0.05) is 32.0 Å². The molecule has 4 rings (SSSR count). The average Bonchev–Trinajstić information content (AvgIpc) is 3.27. The van der Waals surface area contributed by atoms with Crippen molar-refractivity contribution in [3.05, 3.63) is 66.1 Å². The lowest BCUT2D eigenvalue weighted by atomic mass is 9.94. The molecule has 9 heteroatoms. The molecule has 8 nitrogen and oxygen atoms in total. The molecular formula is C23H25N3O5S. The largest absolute Gasteiger partial charge is 0.452 e. The minimum atomic E-state index is -3.60. The Hall–Kier alpha value is -3.04. The highest BCUT2D eigenvalue weighted by atomic mass is 32.2. The lowest BCUT2D eigenvalue weighted by molar-refractivity contribution is 0.0438. The van der Waals surface area contributed by atoms with Crippen molar-refractivity contribution in [1.82, 2.24) is 14.5 Å². The van der Waals surface area contributed by atoms with E-state index in [1.54, 1.807) is 0 Å². The van der Waals surface area contributed by atoms with Crippen LogP contribution in [0.15, 0.2) is 63.9 Å². The third kappa shape index (κ3) is 4.89. The minimum absolute atomic E-state index is 0.166. The van der Waals surface area contributed by atoms with Crippen molar-refractivity contribution in [3.8, 4) is 11.5 Å². The summed E-state index contributed by atoms with van der Waals surface area (Å²) in [7, 11) is -3.60. The van der Waals surface area contributed by atoms with Gasteiger partial charge in [0.15, 0.2) is 6.61 Å². The molecule has 1 aliphatic heterocycles. The van der Waals surface area contributed by atoms with Gasteiger partial charge in [0, 0.05) is 18.7 Å². The summed E-state index contributed by atoms with van der Waals surface area (Å²) in [6, 6.07) is 15.1. The highest BCUT2D eigenvalue weighted by Crippen LogP contribution is 2.27. The third-order valence-corrected chi connectivity index (χ3v) is 7.22. The molecule has 1 aliphatic rings. The van der Waals surface area contributed by atoms with Crippen molar-refractivity contribution in [2.24, 2.45) is 11.8 Å². The Bertz CT molecular complexity index is 1170. The van der Waals surface area contributed by atoms with Gasteiger partial charge in [-0.2, -0.15) is 4.31 Å². The van der Waals surface area contributed by atoms with Gasteiger partial charge >= 0.3 is 5.97 Å². The smallest absolute Gasteiger partial charge is 0.338 e. The molecule has 168 valence electrons. The highest BCUT2D eigenvalue weighted by Gasteiger charge is 2.31. The molecule has 0 aliphatic carbocycles. The Morgan fingerprint density at radius 2 is 1.69 bits per heavy atom. The number of aromatic nitrogens is 2. The molecule has 2 atom stereocenters. The summed E-state index contributed by atoms with van der Waals surface area (Å²) in [6.07, 6.45) is 1.02. The van der Waals surface area contributed by atoms with Crippen LogP contribution in [0.2, 0.25) is 0 Å². The number of benzene rings is 2. The molecule has 2 heterocycles. The molecule has 32 heavy (non-hydrogen) atoms. The van der Waals surface area contributed by atoms with Gasteiger partial charge in [-0.3, -0.25) is 0 Å². The summed E-state index contributed by atoms with van der Waals surface area (Å²) in [5.74, 6) is 0.538. The zero-order valence-corrected chi connectivity index (χ0v) is 18.8. The molecule has 1 fully saturated rings. The number of carbonyl (C=O) groups excluding carboxylic acids is 1. The Labute approximate surface area is 187 Å². The summed E-state index contributed by atoms with van der Waals surface area (Å²) in [5.41, 5.74) is 1.01. The van der Waals surface area contributed by atoms with E-state index in [4.69, 9.17) is 9.15 Å². The fourth-order valence-electron chi connectivity index (χ4n) is 3.93. The Morgan fingerprint density at radius 1 is 1.03 bits per heavy atom. The molecule has 1 aromatic heterocycles. The standard InChI is InChI=1S/C23H25N3O5S/c1-16-12-17(2)14-26(13-16)32(28,29)20-10-8-19(9-11-20)23(27)30-15-21-24-25-22(31-21)18-6-4-3-5-7-18/h3-11,16-17H,12-15H2,1-2H3/t16-,17-/m1/s1. The number of piperidine rings is 1. The molecular weight excluding hydrogens is 430 g/mol. The molecule has 0 amide bonds. The predicted molar refractivity (Wildman–Crippen MR) is 117 cm³/mol. The van der Waals surface area contributed by atoms with Crippen LogP contribution in [0.4, 0.5) is 0 Å². The molecule has 2 aromatic carbocycles. The van der Waals surface area contributed by atoms with Gasteiger partial charge in [-0.15, -0.1) is 10.2 Å². The lowest BCUT2D eigenvalue weighted by Crippen LogP contribution is -2.42. The van der Waals surface area contributed by atoms with Gasteiger partial charge in [0.1, 0.15) is 0 Å². The van der Waals surface area contributed by atoms with Gasteiger partial charge in [-0.05, 0) is 54.7 Å². The van der Waals surface area contributed by atoms with E-state index in [1.165, 1.54) is 28.6 Å². The maximum absolute atomic E-state index is 13.0. The van der Waals surface area contributed by atoms with E-state index in [2.05, 4.69) is 24.0 Å². The van der Waals surface area contributed by atoms with Crippen LogP contribution in [-0.2, 0) is 21.4 Å². The van der Waals surface area contributed by atoms with Crippen LogP contribution in [0.25, 0.3) is 11.5 Å². The maximum atomic E-state index is 13.0. The number of ether oxygens (including phenoxy) is 1. The molecule has 0 radical (unpaired) electrons. The SMILES string of the molecule is C[C@@H]1C[C@@H](C)CN(S(=O)(=O)c2ccc(C(=O)OCc3nnc(-c4ccccc4)o3)cc2)C1. The van der Waals surface area contributed by atoms with Crippen molar-refractivity contribution in [3.63, 3.8) is 0 Å². The number of nitrogens with zero attached hydrogens (tertiary/aromatic N) is 3. The van der Waals surface area contributed by atoms with Crippen LogP contribution in [0, 0.1) is 11.8 Å². The highest BCUT2D eigenvalue weighted by molar-refractivity contribution is 7.89. The number of hydrogen-bond acceptors (Lipinski definition) is 7.